The zero-order valence-corrected chi connectivity index (χ0v) is 17.2. The fourth-order valence-electron chi connectivity index (χ4n) is 3.03. The summed E-state index contributed by atoms with van der Waals surface area (Å²) in [5.74, 6) is -0.977. The molecule has 3 aromatic rings. The molecule has 4 heteroatoms. The van der Waals surface area contributed by atoms with Gasteiger partial charge in [0, 0.05) is 11.1 Å². The number of carbonyl (C=O) groups is 1. The van der Waals surface area contributed by atoms with Gasteiger partial charge in [-0.25, -0.2) is 4.79 Å². The molecule has 0 spiro atoms. The van der Waals surface area contributed by atoms with Crippen molar-refractivity contribution in [2.24, 2.45) is 5.10 Å². The number of nitrogens with one attached hydrogen (secondary N) is 1. The van der Waals surface area contributed by atoms with Crippen LogP contribution in [0.4, 0.5) is 5.69 Å². The summed E-state index contributed by atoms with van der Waals surface area (Å²) in [6.45, 7) is 8.53. The SMILES string of the molecule is Cc1ccc(/C(=N/Nc2ccc(C(C)(C)C)cc2)c2ccccc2C(=O)O)cc1. The molecule has 0 aliphatic rings. The average molecular weight is 386 g/mol. The third-order valence-electron chi connectivity index (χ3n) is 4.79. The van der Waals surface area contributed by atoms with E-state index >= 15 is 0 Å². The molecule has 3 rings (SSSR count). The molecule has 0 saturated heterocycles. The van der Waals surface area contributed by atoms with Gasteiger partial charge in [0.25, 0.3) is 0 Å². The van der Waals surface area contributed by atoms with Crippen LogP contribution in [0.1, 0.15) is 53.4 Å². The molecule has 0 unspecified atom stereocenters. The smallest absolute Gasteiger partial charge is 0.336 e. The Morgan fingerprint density at radius 3 is 2.00 bits per heavy atom. The third-order valence-corrected chi connectivity index (χ3v) is 4.79. The number of rotatable bonds is 5. The lowest BCUT2D eigenvalue weighted by Gasteiger charge is -2.19. The predicted molar refractivity (Wildman–Crippen MR) is 119 cm³/mol. The number of benzene rings is 3. The lowest BCUT2D eigenvalue weighted by Crippen LogP contribution is -2.13. The Bertz CT molecular complexity index is 1030. The fourth-order valence-corrected chi connectivity index (χ4v) is 3.03. The molecule has 4 nitrogen and oxygen atoms in total. The number of aromatic carboxylic acids is 1. The first-order valence-corrected chi connectivity index (χ1v) is 9.60. The van der Waals surface area contributed by atoms with Crippen LogP contribution in [0, 0.1) is 6.92 Å². The summed E-state index contributed by atoms with van der Waals surface area (Å²) in [5, 5.41) is 14.2. The number of nitrogens with zero attached hydrogens (tertiary/aromatic N) is 1. The summed E-state index contributed by atoms with van der Waals surface area (Å²) in [6, 6.07) is 22.9. The van der Waals surface area contributed by atoms with Crippen LogP contribution >= 0.6 is 0 Å². The summed E-state index contributed by atoms with van der Waals surface area (Å²) in [7, 11) is 0. The van der Waals surface area contributed by atoms with Crippen LogP contribution < -0.4 is 5.43 Å². The molecule has 0 atom stereocenters. The Hall–Kier alpha value is -3.40. The van der Waals surface area contributed by atoms with Crippen molar-refractivity contribution < 1.29 is 9.90 Å². The van der Waals surface area contributed by atoms with Gasteiger partial charge in [-0.3, -0.25) is 5.43 Å². The van der Waals surface area contributed by atoms with Crippen molar-refractivity contribution in [2.45, 2.75) is 33.1 Å². The summed E-state index contributed by atoms with van der Waals surface area (Å²) in [6.07, 6.45) is 0. The van der Waals surface area contributed by atoms with Crippen molar-refractivity contribution in [3.8, 4) is 0 Å². The summed E-state index contributed by atoms with van der Waals surface area (Å²) in [4.78, 5) is 11.7. The Balaban J connectivity index is 2.02. The minimum atomic E-state index is -0.977. The maximum Gasteiger partial charge on any atom is 0.336 e. The summed E-state index contributed by atoms with van der Waals surface area (Å²) >= 11 is 0. The van der Waals surface area contributed by atoms with E-state index in [9.17, 15) is 9.90 Å². The first kappa shape index (κ1) is 20.3. The van der Waals surface area contributed by atoms with E-state index in [1.54, 1.807) is 18.2 Å². The molecule has 0 aliphatic heterocycles. The standard InChI is InChI=1S/C25H26N2O2/c1-17-9-11-18(12-10-17)23(21-7-5-6-8-22(21)24(28)29)27-26-20-15-13-19(14-16-20)25(2,3)4/h5-16,26H,1-4H3,(H,28,29)/b27-23-. The second-order valence-corrected chi connectivity index (χ2v) is 8.12. The van der Waals surface area contributed by atoms with Crippen molar-refractivity contribution in [2.75, 3.05) is 5.43 Å². The first-order valence-electron chi connectivity index (χ1n) is 9.60. The van der Waals surface area contributed by atoms with Crippen molar-refractivity contribution in [3.63, 3.8) is 0 Å². The highest BCUT2D eigenvalue weighted by Crippen LogP contribution is 2.24. The topological polar surface area (TPSA) is 61.7 Å². The van der Waals surface area contributed by atoms with E-state index < -0.39 is 5.97 Å². The average Bonchev–Trinajstić information content (AvgIpc) is 2.69. The van der Waals surface area contributed by atoms with E-state index in [2.05, 4.69) is 43.4 Å². The van der Waals surface area contributed by atoms with Gasteiger partial charge in [0.15, 0.2) is 0 Å². The quantitative estimate of drug-likeness (QED) is 0.427. The Labute approximate surface area is 171 Å². The van der Waals surface area contributed by atoms with Gasteiger partial charge in [0.05, 0.1) is 17.0 Å². The number of hydrazone groups is 1. The predicted octanol–water partition coefficient (Wildman–Crippen LogP) is 5.86. The second-order valence-electron chi connectivity index (χ2n) is 8.12. The monoisotopic (exact) mass is 386 g/mol. The van der Waals surface area contributed by atoms with E-state index in [1.807, 2.05) is 49.4 Å². The molecular formula is C25H26N2O2. The summed E-state index contributed by atoms with van der Waals surface area (Å²) in [5.41, 5.74) is 8.61. The number of hydrogen-bond donors (Lipinski definition) is 2. The minimum absolute atomic E-state index is 0.0787. The molecule has 0 saturated carbocycles. The van der Waals surface area contributed by atoms with Crippen LogP contribution in [-0.2, 0) is 5.41 Å². The molecule has 3 aromatic carbocycles. The molecule has 0 bridgehead atoms. The van der Waals surface area contributed by atoms with Crippen molar-refractivity contribution in [1.29, 1.82) is 0 Å². The highest BCUT2D eigenvalue weighted by atomic mass is 16.4. The van der Waals surface area contributed by atoms with Crippen LogP contribution in [0.25, 0.3) is 0 Å². The zero-order chi connectivity index (χ0) is 21.0. The van der Waals surface area contributed by atoms with E-state index in [0.29, 0.717) is 11.3 Å². The lowest BCUT2D eigenvalue weighted by atomic mass is 9.87. The van der Waals surface area contributed by atoms with Gasteiger partial charge in [-0.2, -0.15) is 5.10 Å². The summed E-state index contributed by atoms with van der Waals surface area (Å²) < 4.78 is 0. The molecule has 0 amide bonds. The Morgan fingerprint density at radius 1 is 0.862 bits per heavy atom. The number of carboxylic acid groups (broad SMARTS) is 1. The Morgan fingerprint density at radius 2 is 1.45 bits per heavy atom. The van der Waals surface area contributed by atoms with Crippen LogP contribution in [-0.4, -0.2) is 16.8 Å². The number of carboxylic acids is 1. The fraction of sp³-hybridized carbons (Fsp3) is 0.200. The molecule has 0 aromatic heterocycles. The Kier molecular flexibility index (Phi) is 5.83. The maximum absolute atomic E-state index is 11.7. The van der Waals surface area contributed by atoms with Crippen molar-refractivity contribution in [3.05, 3.63) is 101 Å². The van der Waals surface area contributed by atoms with Crippen LogP contribution in [0.15, 0.2) is 77.9 Å². The lowest BCUT2D eigenvalue weighted by molar-refractivity contribution is 0.0696. The highest BCUT2D eigenvalue weighted by Gasteiger charge is 2.16. The third kappa shape index (κ3) is 4.91. The highest BCUT2D eigenvalue weighted by molar-refractivity contribution is 6.17. The molecule has 0 aliphatic carbocycles. The van der Waals surface area contributed by atoms with Gasteiger partial charge in [0.1, 0.15) is 0 Å². The molecule has 29 heavy (non-hydrogen) atoms. The molecule has 0 radical (unpaired) electrons. The van der Waals surface area contributed by atoms with E-state index in [0.717, 1.165) is 16.8 Å². The molecule has 148 valence electrons. The number of anilines is 1. The van der Waals surface area contributed by atoms with Crippen LogP contribution in [0.2, 0.25) is 0 Å². The largest absolute Gasteiger partial charge is 0.478 e. The minimum Gasteiger partial charge on any atom is -0.478 e. The zero-order valence-electron chi connectivity index (χ0n) is 17.2. The number of hydrogen-bond acceptors (Lipinski definition) is 3. The maximum atomic E-state index is 11.7. The first-order chi connectivity index (χ1) is 13.8. The van der Waals surface area contributed by atoms with Gasteiger partial charge in [-0.05, 0) is 36.1 Å². The van der Waals surface area contributed by atoms with E-state index in [4.69, 9.17) is 0 Å². The van der Waals surface area contributed by atoms with E-state index in [-0.39, 0.29) is 11.0 Å². The van der Waals surface area contributed by atoms with Gasteiger partial charge < -0.3 is 5.11 Å². The van der Waals surface area contributed by atoms with Crippen molar-refractivity contribution >= 4 is 17.4 Å². The van der Waals surface area contributed by atoms with Crippen molar-refractivity contribution in [1.82, 2.24) is 0 Å². The normalized spacial score (nSPS) is 11.9. The van der Waals surface area contributed by atoms with Gasteiger partial charge in [-0.1, -0.05) is 80.9 Å². The molecule has 2 N–H and O–H groups in total. The second kappa shape index (κ2) is 8.31. The van der Waals surface area contributed by atoms with E-state index in [1.165, 1.54) is 5.56 Å². The molecule has 0 heterocycles. The number of aryl methyl sites for hydroxylation is 1. The van der Waals surface area contributed by atoms with Gasteiger partial charge in [-0.15, -0.1) is 0 Å². The molecule has 0 fully saturated rings. The van der Waals surface area contributed by atoms with Gasteiger partial charge in [0.2, 0.25) is 0 Å². The van der Waals surface area contributed by atoms with Crippen LogP contribution in [0.5, 0.6) is 0 Å². The van der Waals surface area contributed by atoms with Gasteiger partial charge >= 0.3 is 5.97 Å². The molecular weight excluding hydrogens is 360 g/mol. The van der Waals surface area contributed by atoms with Crippen LogP contribution in [0.3, 0.4) is 0 Å².